The standard InChI is InChI=1S/C18H22ClN5O4/c1-4-20-17-21-15-14(16(26)23(3)18(27)22(15)2)24(17)9-12(25)10-28-13-7-5-11(19)6-8-13/h5-8,12,14,25H,4,9-10H2,1-3H3/p+1. The van der Waals surface area contributed by atoms with Crippen molar-refractivity contribution in [1.82, 2.24) is 15.1 Å². The van der Waals surface area contributed by atoms with Gasteiger partial charge in [-0.2, -0.15) is 0 Å². The van der Waals surface area contributed by atoms with Crippen LogP contribution >= 0.6 is 11.6 Å². The van der Waals surface area contributed by atoms with E-state index >= 15 is 0 Å². The van der Waals surface area contributed by atoms with E-state index in [-0.39, 0.29) is 19.1 Å². The Bertz CT molecular complexity index is 839. The van der Waals surface area contributed by atoms with Crippen LogP contribution in [0, 0.1) is 0 Å². The van der Waals surface area contributed by atoms with E-state index in [9.17, 15) is 14.7 Å². The summed E-state index contributed by atoms with van der Waals surface area (Å²) in [5.74, 6) is 0.975. The van der Waals surface area contributed by atoms with Crippen molar-refractivity contribution in [1.29, 1.82) is 0 Å². The van der Waals surface area contributed by atoms with Crippen molar-refractivity contribution >= 4 is 35.3 Å². The van der Waals surface area contributed by atoms with Gasteiger partial charge in [0.05, 0.1) is 13.1 Å². The molecule has 28 heavy (non-hydrogen) atoms. The average molecular weight is 409 g/mol. The summed E-state index contributed by atoms with van der Waals surface area (Å²) in [6.45, 7) is 2.61. The fourth-order valence-electron chi connectivity index (χ4n) is 3.09. The minimum atomic E-state index is -0.889. The molecule has 0 aliphatic carbocycles. The maximum Gasteiger partial charge on any atom is 0.390 e. The number of carbonyl (C=O) groups is 2. The number of hydrogen-bond acceptors (Lipinski definition) is 6. The Hall–Kier alpha value is -2.65. The lowest BCUT2D eigenvalue weighted by Crippen LogP contribution is -2.62. The van der Waals surface area contributed by atoms with Gasteiger partial charge < -0.3 is 9.84 Å². The van der Waals surface area contributed by atoms with Gasteiger partial charge in [-0.3, -0.25) is 19.9 Å². The highest BCUT2D eigenvalue weighted by molar-refractivity contribution is 6.30. The number of nitrogens with one attached hydrogen (secondary N) is 1. The number of ether oxygens (including phenoxy) is 1. The molecule has 2 aliphatic rings. The number of aliphatic hydroxyl groups is 1. The van der Waals surface area contributed by atoms with Crippen LogP contribution in [0.3, 0.4) is 0 Å². The van der Waals surface area contributed by atoms with Crippen LogP contribution < -0.4 is 10.1 Å². The Morgan fingerprint density at radius 2 is 1.96 bits per heavy atom. The van der Waals surface area contributed by atoms with Gasteiger partial charge in [0.2, 0.25) is 11.9 Å². The highest BCUT2D eigenvalue weighted by Crippen LogP contribution is 2.19. The molecule has 3 rings (SSSR count). The maximum absolute atomic E-state index is 12.7. The summed E-state index contributed by atoms with van der Waals surface area (Å²) in [6, 6.07) is 5.61. The number of β-amino-alcohol motifs (C(OH)–C–C–N with tert-alkyl or cyclic N) is 1. The summed E-state index contributed by atoms with van der Waals surface area (Å²) in [6.07, 6.45) is -0.889. The molecule has 150 valence electrons. The molecule has 1 fully saturated rings. The van der Waals surface area contributed by atoms with Gasteiger partial charge in [-0.05, 0) is 31.2 Å². The fourth-order valence-corrected chi connectivity index (χ4v) is 3.22. The van der Waals surface area contributed by atoms with Crippen LogP contribution in [0.5, 0.6) is 5.75 Å². The van der Waals surface area contributed by atoms with E-state index < -0.39 is 18.2 Å². The van der Waals surface area contributed by atoms with E-state index in [1.165, 1.54) is 11.9 Å². The van der Waals surface area contributed by atoms with Crippen LogP contribution in [-0.4, -0.2) is 89.2 Å². The summed E-state index contributed by atoms with van der Waals surface area (Å²) in [5, 5.41) is 14.2. The molecule has 2 unspecified atom stereocenters. The third kappa shape index (κ3) is 3.81. The fraction of sp³-hybridized carbons (Fsp3) is 0.444. The van der Waals surface area contributed by atoms with Gasteiger partial charge in [0.15, 0.2) is 0 Å². The number of halogens is 1. The number of aliphatic imine (C=N–C) groups is 1. The molecule has 2 N–H and O–H groups in total. The lowest BCUT2D eigenvalue weighted by atomic mass is 10.1. The number of aliphatic hydroxyl groups excluding tert-OH is 1. The molecule has 1 aromatic rings. The van der Waals surface area contributed by atoms with Gasteiger partial charge in [-0.1, -0.05) is 16.6 Å². The first-order chi connectivity index (χ1) is 13.3. The number of urea groups is 1. The van der Waals surface area contributed by atoms with Crippen molar-refractivity contribution < 1.29 is 24.0 Å². The van der Waals surface area contributed by atoms with Crippen LogP contribution in [0.25, 0.3) is 0 Å². The van der Waals surface area contributed by atoms with Crippen molar-refractivity contribution in [2.45, 2.75) is 19.1 Å². The Balaban J connectivity index is 1.75. The van der Waals surface area contributed by atoms with Crippen molar-refractivity contribution in [3.05, 3.63) is 29.3 Å². The number of fused-ring (bicyclic) bond motifs is 1. The second-order valence-corrected chi connectivity index (χ2v) is 6.97. The predicted octanol–water partition coefficient (Wildman–Crippen LogP) is 0.362. The second kappa shape index (κ2) is 8.15. The van der Waals surface area contributed by atoms with Crippen LogP contribution in [0.2, 0.25) is 5.02 Å². The third-order valence-electron chi connectivity index (χ3n) is 4.53. The molecule has 0 saturated carbocycles. The van der Waals surface area contributed by atoms with E-state index in [4.69, 9.17) is 16.3 Å². The average Bonchev–Trinajstić information content (AvgIpc) is 3.03. The van der Waals surface area contributed by atoms with Gasteiger partial charge in [-0.15, -0.1) is 0 Å². The first-order valence-corrected chi connectivity index (χ1v) is 9.29. The number of rotatable bonds is 6. The van der Waals surface area contributed by atoms with Gasteiger partial charge in [0, 0.05) is 19.1 Å². The molecule has 0 radical (unpaired) electrons. The molecule has 0 aromatic heterocycles. The van der Waals surface area contributed by atoms with Crippen molar-refractivity contribution in [2.24, 2.45) is 4.99 Å². The molecule has 10 heteroatoms. The molecule has 3 amide bonds. The Morgan fingerprint density at radius 1 is 1.29 bits per heavy atom. The number of amides is 3. The second-order valence-electron chi connectivity index (χ2n) is 6.54. The molecular weight excluding hydrogens is 386 g/mol. The maximum atomic E-state index is 12.7. The quantitative estimate of drug-likeness (QED) is 0.662. The zero-order valence-electron chi connectivity index (χ0n) is 15.9. The van der Waals surface area contributed by atoms with Gasteiger partial charge in [-0.25, -0.2) is 9.37 Å². The predicted molar refractivity (Wildman–Crippen MR) is 104 cm³/mol. The first-order valence-electron chi connectivity index (χ1n) is 8.91. The normalized spacial score (nSPS) is 20.3. The topological polar surface area (TPSA) is 97.5 Å². The first kappa shape index (κ1) is 20.1. The lowest BCUT2D eigenvalue weighted by Gasteiger charge is -2.32. The summed E-state index contributed by atoms with van der Waals surface area (Å²) in [5.41, 5.74) is 0. The monoisotopic (exact) mass is 408 g/mol. The van der Waals surface area contributed by atoms with Crippen LogP contribution in [0.4, 0.5) is 4.79 Å². The van der Waals surface area contributed by atoms with Crippen LogP contribution in [0.15, 0.2) is 29.3 Å². The van der Waals surface area contributed by atoms with Crippen LogP contribution in [-0.2, 0) is 4.79 Å². The summed E-state index contributed by atoms with van der Waals surface area (Å²) in [4.78, 5) is 31.7. The number of hydrogen-bond donors (Lipinski definition) is 2. The Kier molecular flexibility index (Phi) is 5.85. The summed E-state index contributed by atoms with van der Waals surface area (Å²) >= 11 is 5.85. The number of likely N-dealkylation sites (N-methyl/N-ethyl adjacent to an activating group) is 2. The van der Waals surface area contributed by atoms with Gasteiger partial charge >= 0.3 is 12.0 Å². The number of benzene rings is 1. The molecule has 0 bridgehead atoms. The molecule has 9 nitrogen and oxygen atoms in total. The number of nitrogens with zero attached hydrogens (tertiary/aromatic N) is 4. The zero-order valence-corrected chi connectivity index (χ0v) is 16.7. The number of amidine groups is 1. The van der Waals surface area contributed by atoms with E-state index in [0.717, 1.165) is 4.90 Å². The Labute approximate surface area is 167 Å². The number of carbonyl (C=O) groups excluding carboxylic acids is 2. The minimum absolute atomic E-state index is 0.0262. The largest absolute Gasteiger partial charge is 0.491 e. The molecule has 1 aromatic carbocycles. The molecule has 0 spiro atoms. The van der Waals surface area contributed by atoms with Gasteiger partial charge in [0.1, 0.15) is 18.5 Å². The zero-order chi connectivity index (χ0) is 20.4. The van der Waals surface area contributed by atoms with E-state index in [0.29, 0.717) is 29.1 Å². The lowest BCUT2D eigenvalue weighted by molar-refractivity contribution is -0.545. The molecule has 2 heterocycles. The SMILES string of the molecule is CCNC1=[N+](CC(O)COc2ccc(Cl)cc2)C2C(=O)N(C)C(=O)N(C)C2=N1. The van der Waals surface area contributed by atoms with Crippen LogP contribution in [0.1, 0.15) is 6.92 Å². The van der Waals surface area contributed by atoms with E-state index in [1.54, 1.807) is 35.9 Å². The number of imide groups is 1. The summed E-state index contributed by atoms with van der Waals surface area (Å²) < 4.78 is 7.25. The molecule has 1 saturated heterocycles. The third-order valence-corrected chi connectivity index (χ3v) is 4.78. The van der Waals surface area contributed by atoms with Crippen molar-refractivity contribution in [2.75, 3.05) is 33.8 Å². The highest BCUT2D eigenvalue weighted by atomic mass is 35.5. The van der Waals surface area contributed by atoms with E-state index in [2.05, 4.69) is 10.3 Å². The smallest absolute Gasteiger partial charge is 0.390 e. The van der Waals surface area contributed by atoms with Crippen molar-refractivity contribution in [3.8, 4) is 5.75 Å². The molecule has 2 atom stereocenters. The Morgan fingerprint density at radius 3 is 2.61 bits per heavy atom. The minimum Gasteiger partial charge on any atom is -0.491 e. The van der Waals surface area contributed by atoms with Gasteiger partial charge in [0.25, 0.3) is 5.91 Å². The van der Waals surface area contributed by atoms with E-state index in [1.807, 2.05) is 6.92 Å². The molecular formula is C18H23ClN5O4+. The summed E-state index contributed by atoms with van der Waals surface area (Å²) in [7, 11) is 3.01. The highest BCUT2D eigenvalue weighted by Gasteiger charge is 2.51. The number of guanidine groups is 1. The molecule has 2 aliphatic heterocycles. The van der Waals surface area contributed by atoms with Crippen molar-refractivity contribution in [3.63, 3.8) is 0 Å².